The highest BCUT2D eigenvalue weighted by molar-refractivity contribution is 5.77. The summed E-state index contributed by atoms with van der Waals surface area (Å²) in [5, 5.41) is 10.7. The molecule has 7 nitrogen and oxygen atoms in total. The molecule has 19 heavy (non-hydrogen) atoms. The lowest BCUT2D eigenvalue weighted by atomic mass is 10.2. The van der Waals surface area contributed by atoms with Gasteiger partial charge in [-0.15, -0.1) is 0 Å². The fourth-order valence-corrected chi connectivity index (χ4v) is 1.59. The highest BCUT2D eigenvalue weighted by Crippen LogP contribution is 2.37. The maximum atomic E-state index is 11.3. The summed E-state index contributed by atoms with van der Waals surface area (Å²) in [4.78, 5) is 11.3. The van der Waals surface area contributed by atoms with Gasteiger partial charge in [0.05, 0.1) is 6.07 Å². The lowest BCUT2D eigenvalue weighted by Gasteiger charge is -2.11. The Kier molecular flexibility index (Phi) is 4.05. The third-order valence-corrected chi connectivity index (χ3v) is 2.50. The number of nitriles is 1. The number of nitrogens with one attached hydrogen (secondary N) is 1. The fourth-order valence-electron chi connectivity index (χ4n) is 1.59. The highest BCUT2D eigenvalue weighted by Gasteiger charge is 2.18. The molecule has 0 aromatic heterocycles. The molecule has 0 atom stereocenters. The average molecular weight is 263 g/mol. The number of ether oxygens (including phenoxy) is 3. The van der Waals surface area contributed by atoms with Crippen molar-refractivity contribution >= 4 is 5.91 Å². The second-order valence-electron chi connectivity index (χ2n) is 3.74. The third kappa shape index (κ3) is 3.05. The topological polar surface area (TPSA) is 107 Å². The van der Waals surface area contributed by atoms with Gasteiger partial charge in [-0.25, -0.2) is 0 Å². The summed E-state index contributed by atoms with van der Waals surface area (Å²) >= 11 is 0. The summed E-state index contributed by atoms with van der Waals surface area (Å²) in [5.74, 6) is 1.27. The van der Waals surface area contributed by atoms with E-state index in [-0.39, 0.29) is 32.4 Å². The normalized spacial score (nSPS) is 11.8. The molecule has 0 unspecified atom stereocenters. The Bertz CT molecular complexity index is 524. The van der Waals surface area contributed by atoms with E-state index in [9.17, 15) is 4.79 Å². The molecular formula is C12H13N3O4. The molecule has 1 aromatic carbocycles. The predicted octanol–water partition coefficient (Wildman–Crippen LogP) is -0.107. The summed E-state index contributed by atoms with van der Waals surface area (Å²) in [6.45, 7) is 0.179. The van der Waals surface area contributed by atoms with Crippen molar-refractivity contribution in [1.29, 1.82) is 5.26 Å². The minimum atomic E-state index is -0.373. The van der Waals surface area contributed by atoms with Gasteiger partial charge in [-0.05, 0) is 6.07 Å². The van der Waals surface area contributed by atoms with Crippen molar-refractivity contribution in [3.8, 4) is 23.3 Å². The van der Waals surface area contributed by atoms with Crippen LogP contribution in [-0.4, -0.2) is 25.9 Å². The van der Waals surface area contributed by atoms with Crippen LogP contribution in [0.2, 0.25) is 0 Å². The third-order valence-electron chi connectivity index (χ3n) is 2.50. The van der Waals surface area contributed by atoms with E-state index in [0.717, 1.165) is 5.56 Å². The standard InChI is InChI=1S/C12H13N3O4/c13-1-2-15-12(16)6-17-9-4-11-10(18-7-19-11)3-8(9)5-14/h3-4H,2,5-7,14H2,(H,15,16). The van der Waals surface area contributed by atoms with E-state index in [1.54, 1.807) is 12.1 Å². The summed E-state index contributed by atoms with van der Waals surface area (Å²) in [6.07, 6.45) is 0. The number of nitrogens with two attached hydrogens (primary N) is 1. The van der Waals surface area contributed by atoms with Crippen LogP contribution in [0.3, 0.4) is 0 Å². The molecule has 2 rings (SSSR count). The van der Waals surface area contributed by atoms with Gasteiger partial charge in [-0.2, -0.15) is 5.26 Å². The van der Waals surface area contributed by atoms with Crippen LogP contribution in [0, 0.1) is 11.3 Å². The summed E-state index contributed by atoms with van der Waals surface area (Å²) < 4.78 is 15.8. The predicted molar refractivity (Wildman–Crippen MR) is 64.6 cm³/mol. The van der Waals surface area contributed by atoms with Crippen molar-refractivity contribution in [3.05, 3.63) is 17.7 Å². The number of hydrogen-bond donors (Lipinski definition) is 2. The van der Waals surface area contributed by atoms with Gasteiger partial charge in [-0.3, -0.25) is 4.79 Å². The van der Waals surface area contributed by atoms with E-state index in [1.807, 2.05) is 6.07 Å². The van der Waals surface area contributed by atoms with Crippen molar-refractivity contribution < 1.29 is 19.0 Å². The van der Waals surface area contributed by atoms with Crippen LogP contribution >= 0.6 is 0 Å². The Hall–Kier alpha value is -2.46. The number of carbonyl (C=O) groups excluding carboxylic acids is 1. The number of rotatable bonds is 5. The Morgan fingerprint density at radius 2 is 2.21 bits per heavy atom. The van der Waals surface area contributed by atoms with Crippen molar-refractivity contribution in [2.24, 2.45) is 5.73 Å². The number of benzene rings is 1. The molecule has 0 saturated heterocycles. The minimum Gasteiger partial charge on any atom is -0.483 e. The highest BCUT2D eigenvalue weighted by atomic mass is 16.7. The smallest absolute Gasteiger partial charge is 0.258 e. The molecule has 0 radical (unpaired) electrons. The zero-order valence-electron chi connectivity index (χ0n) is 10.1. The Balaban J connectivity index is 2.03. The van der Waals surface area contributed by atoms with Crippen LogP contribution in [0.4, 0.5) is 0 Å². The van der Waals surface area contributed by atoms with E-state index in [4.69, 9.17) is 25.2 Å². The Morgan fingerprint density at radius 3 is 2.89 bits per heavy atom. The molecule has 0 bridgehead atoms. The Labute approximate surface area is 109 Å². The van der Waals surface area contributed by atoms with Gasteiger partial charge in [-0.1, -0.05) is 0 Å². The maximum absolute atomic E-state index is 11.3. The van der Waals surface area contributed by atoms with E-state index in [0.29, 0.717) is 17.2 Å². The van der Waals surface area contributed by atoms with Crippen LogP contribution in [0.1, 0.15) is 5.56 Å². The lowest BCUT2D eigenvalue weighted by Crippen LogP contribution is -2.29. The van der Waals surface area contributed by atoms with Gasteiger partial charge < -0.3 is 25.3 Å². The maximum Gasteiger partial charge on any atom is 0.258 e. The first kappa shape index (κ1) is 13.0. The fraction of sp³-hybridized carbons (Fsp3) is 0.333. The van der Waals surface area contributed by atoms with Gasteiger partial charge in [0.15, 0.2) is 18.1 Å². The second-order valence-corrected chi connectivity index (χ2v) is 3.74. The zero-order chi connectivity index (χ0) is 13.7. The van der Waals surface area contributed by atoms with Gasteiger partial charge in [0.1, 0.15) is 12.3 Å². The van der Waals surface area contributed by atoms with E-state index in [1.165, 1.54) is 0 Å². The molecule has 0 spiro atoms. The van der Waals surface area contributed by atoms with Crippen LogP contribution in [0.25, 0.3) is 0 Å². The van der Waals surface area contributed by atoms with Crippen molar-refractivity contribution in [2.45, 2.75) is 6.54 Å². The second kappa shape index (κ2) is 5.93. The Morgan fingerprint density at radius 1 is 1.47 bits per heavy atom. The molecule has 100 valence electrons. The number of nitrogens with zero attached hydrogens (tertiary/aromatic N) is 1. The molecule has 3 N–H and O–H groups in total. The van der Waals surface area contributed by atoms with Crippen LogP contribution in [0.5, 0.6) is 17.2 Å². The first-order chi connectivity index (χ1) is 9.24. The number of carbonyl (C=O) groups is 1. The van der Waals surface area contributed by atoms with E-state index in [2.05, 4.69) is 5.32 Å². The molecular weight excluding hydrogens is 250 g/mol. The van der Waals surface area contributed by atoms with E-state index >= 15 is 0 Å². The number of amides is 1. The largest absolute Gasteiger partial charge is 0.483 e. The van der Waals surface area contributed by atoms with Gasteiger partial charge in [0, 0.05) is 18.2 Å². The SMILES string of the molecule is N#CCNC(=O)COc1cc2c(cc1CN)OCO2. The lowest BCUT2D eigenvalue weighted by molar-refractivity contribution is -0.122. The number of fused-ring (bicyclic) bond motifs is 1. The minimum absolute atomic E-state index is 0.0485. The van der Waals surface area contributed by atoms with Crippen LogP contribution in [-0.2, 0) is 11.3 Å². The molecule has 1 amide bonds. The molecule has 0 saturated carbocycles. The van der Waals surface area contributed by atoms with Crippen molar-refractivity contribution in [1.82, 2.24) is 5.32 Å². The molecule has 0 aliphatic carbocycles. The van der Waals surface area contributed by atoms with Gasteiger partial charge >= 0.3 is 0 Å². The number of hydrogen-bond acceptors (Lipinski definition) is 6. The molecule has 1 aliphatic heterocycles. The van der Waals surface area contributed by atoms with Crippen molar-refractivity contribution in [2.75, 3.05) is 19.9 Å². The molecule has 0 fully saturated rings. The van der Waals surface area contributed by atoms with Crippen molar-refractivity contribution in [3.63, 3.8) is 0 Å². The van der Waals surface area contributed by atoms with Crippen LogP contribution < -0.4 is 25.3 Å². The summed E-state index contributed by atoms with van der Waals surface area (Å²) in [6, 6.07) is 5.18. The molecule has 1 aliphatic rings. The molecule has 1 aromatic rings. The zero-order valence-corrected chi connectivity index (χ0v) is 10.1. The molecule has 7 heteroatoms. The summed E-state index contributed by atoms with van der Waals surface area (Å²) in [7, 11) is 0. The average Bonchev–Trinajstić information content (AvgIpc) is 2.88. The quantitative estimate of drug-likeness (QED) is 0.718. The first-order valence-electron chi connectivity index (χ1n) is 5.63. The monoisotopic (exact) mass is 263 g/mol. The van der Waals surface area contributed by atoms with Gasteiger partial charge in [0.25, 0.3) is 5.91 Å². The van der Waals surface area contributed by atoms with Crippen LogP contribution in [0.15, 0.2) is 12.1 Å². The first-order valence-corrected chi connectivity index (χ1v) is 5.63. The van der Waals surface area contributed by atoms with Gasteiger partial charge in [0.2, 0.25) is 6.79 Å². The molecule has 1 heterocycles. The summed E-state index contributed by atoms with van der Waals surface area (Å²) in [5.41, 5.74) is 6.33. The van der Waals surface area contributed by atoms with E-state index < -0.39 is 0 Å².